The number of methoxy groups -OCH3 is 2. The second-order valence-corrected chi connectivity index (χ2v) is 8.20. The van der Waals surface area contributed by atoms with Crippen molar-refractivity contribution in [3.8, 4) is 23.0 Å². The fourth-order valence-corrected chi connectivity index (χ4v) is 4.19. The molecule has 1 heterocycles. The highest BCUT2D eigenvalue weighted by atomic mass is 19.4. The van der Waals surface area contributed by atoms with Gasteiger partial charge in [0, 0.05) is 6.54 Å². The Kier molecular flexibility index (Phi) is 7.57. The molecule has 4 rings (SSSR count). The summed E-state index contributed by atoms with van der Waals surface area (Å²) in [5.41, 5.74) is 0.914. The molecular weight excluding hydrogens is 475 g/mol. The van der Waals surface area contributed by atoms with Crippen molar-refractivity contribution in [3.05, 3.63) is 83.4 Å². The molecule has 1 atom stereocenters. The minimum absolute atomic E-state index is 0.0547. The molecule has 3 aromatic rings. The van der Waals surface area contributed by atoms with E-state index in [4.69, 9.17) is 18.9 Å². The molecule has 0 aliphatic carbocycles. The van der Waals surface area contributed by atoms with Crippen molar-refractivity contribution < 1.29 is 36.9 Å². The molecule has 6 nitrogen and oxygen atoms in total. The van der Waals surface area contributed by atoms with Gasteiger partial charge in [-0.1, -0.05) is 24.3 Å². The molecule has 190 valence electrons. The third-order valence-corrected chi connectivity index (χ3v) is 6.00. The summed E-state index contributed by atoms with van der Waals surface area (Å²) in [7, 11) is 3.05. The monoisotopic (exact) mass is 501 g/mol. The summed E-state index contributed by atoms with van der Waals surface area (Å²) in [6.45, 7) is 0.143. The van der Waals surface area contributed by atoms with Gasteiger partial charge in [-0.25, -0.2) is 0 Å². The second kappa shape index (κ2) is 10.8. The largest absolute Gasteiger partial charge is 0.493 e. The van der Waals surface area contributed by atoms with Crippen LogP contribution in [0.2, 0.25) is 0 Å². The Morgan fingerprint density at radius 1 is 0.917 bits per heavy atom. The SMILES string of the molecule is COc1cc2c(cc1OC)C(COc1cccc(C(F)(F)F)c1)N(C(=O)COc1ccccc1)CC2. The number of benzene rings is 3. The van der Waals surface area contributed by atoms with E-state index in [1.54, 1.807) is 23.1 Å². The van der Waals surface area contributed by atoms with Crippen molar-refractivity contribution in [3.63, 3.8) is 0 Å². The normalized spacial score (nSPS) is 15.1. The van der Waals surface area contributed by atoms with Gasteiger partial charge >= 0.3 is 6.18 Å². The quantitative estimate of drug-likeness (QED) is 0.419. The van der Waals surface area contributed by atoms with E-state index >= 15 is 0 Å². The molecule has 0 radical (unpaired) electrons. The van der Waals surface area contributed by atoms with E-state index in [1.807, 2.05) is 24.3 Å². The van der Waals surface area contributed by atoms with Crippen molar-refractivity contribution in [1.29, 1.82) is 0 Å². The maximum absolute atomic E-state index is 13.2. The zero-order valence-corrected chi connectivity index (χ0v) is 19.9. The molecule has 0 spiro atoms. The fraction of sp³-hybridized carbons (Fsp3) is 0.296. The Balaban J connectivity index is 1.60. The molecule has 3 aromatic carbocycles. The number of hydrogen-bond donors (Lipinski definition) is 0. The number of halogens is 3. The number of carbonyl (C=O) groups is 1. The molecule has 1 aliphatic rings. The lowest BCUT2D eigenvalue weighted by Crippen LogP contribution is -2.44. The minimum atomic E-state index is -4.49. The van der Waals surface area contributed by atoms with E-state index < -0.39 is 17.8 Å². The minimum Gasteiger partial charge on any atom is -0.493 e. The number of ether oxygens (including phenoxy) is 4. The first-order valence-corrected chi connectivity index (χ1v) is 11.3. The Morgan fingerprint density at radius 3 is 2.31 bits per heavy atom. The van der Waals surface area contributed by atoms with Gasteiger partial charge in [0.25, 0.3) is 5.91 Å². The van der Waals surface area contributed by atoms with Gasteiger partial charge in [0.15, 0.2) is 18.1 Å². The summed E-state index contributed by atoms with van der Waals surface area (Å²) in [4.78, 5) is 14.8. The molecular formula is C27H26F3NO5. The van der Waals surface area contributed by atoms with Crippen LogP contribution in [0.4, 0.5) is 13.2 Å². The number of nitrogens with zero attached hydrogens (tertiary/aromatic N) is 1. The predicted octanol–water partition coefficient (Wildman–Crippen LogP) is 5.31. The summed E-state index contributed by atoms with van der Waals surface area (Å²) in [6, 6.07) is 16.7. The Morgan fingerprint density at radius 2 is 1.61 bits per heavy atom. The standard InChI is InChI=1S/C27H26F3NO5/c1-33-24-13-18-11-12-31(26(32)17-36-20-8-4-3-5-9-20)23(22(18)15-25(24)34-2)16-35-21-10-6-7-19(14-21)27(28,29)30/h3-10,13-15,23H,11-12,16-17H2,1-2H3. The highest BCUT2D eigenvalue weighted by molar-refractivity contribution is 5.79. The van der Waals surface area contributed by atoms with Gasteiger partial charge in [-0.05, 0) is 60.0 Å². The Bertz CT molecular complexity index is 1200. The van der Waals surface area contributed by atoms with Crippen molar-refractivity contribution in [2.24, 2.45) is 0 Å². The number of amides is 1. The number of hydrogen-bond acceptors (Lipinski definition) is 5. The van der Waals surface area contributed by atoms with E-state index in [1.165, 1.54) is 26.4 Å². The van der Waals surface area contributed by atoms with Crippen LogP contribution in [0.15, 0.2) is 66.7 Å². The molecule has 1 aliphatic heterocycles. The van der Waals surface area contributed by atoms with Gasteiger partial charge in [0.1, 0.15) is 18.1 Å². The van der Waals surface area contributed by atoms with Gasteiger partial charge in [-0.2, -0.15) is 13.2 Å². The molecule has 0 bridgehead atoms. The average Bonchev–Trinajstić information content (AvgIpc) is 2.89. The van der Waals surface area contributed by atoms with E-state index in [-0.39, 0.29) is 24.9 Å². The Labute approximate surface area is 207 Å². The predicted molar refractivity (Wildman–Crippen MR) is 127 cm³/mol. The molecule has 1 amide bonds. The van der Waals surface area contributed by atoms with E-state index in [9.17, 15) is 18.0 Å². The second-order valence-electron chi connectivity index (χ2n) is 8.20. The first-order valence-electron chi connectivity index (χ1n) is 11.3. The maximum Gasteiger partial charge on any atom is 0.416 e. The molecule has 0 aromatic heterocycles. The van der Waals surface area contributed by atoms with Crippen molar-refractivity contribution in [2.45, 2.75) is 18.6 Å². The molecule has 0 saturated heterocycles. The average molecular weight is 502 g/mol. The number of fused-ring (bicyclic) bond motifs is 1. The van der Waals surface area contributed by atoms with Crippen LogP contribution in [0.5, 0.6) is 23.0 Å². The van der Waals surface area contributed by atoms with Crippen LogP contribution in [0, 0.1) is 0 Å². The Hall–Kier alpha value is -3.88. The van der Waals surface area contributed by atoms with Crippen LogP contribution in [0.25, 0.3) is 0 Å². The van der Waals surface area contributed by atoms with Crippen molar-refractivity contribution in [2.75, 3.05) is 34.0 Å². The first-order chi connectivity index (χ1) is 17.3. The van der Waals surface area contributed by atoms with Crippen LogP contribution >= 0.6 is 0 Å². The lowest BCUT2D eigenvalue weighted by molar-refractivity contribution is -0.137. The van der Waals surface area contributed by atoms with E-state index in [0.717, 1.165) is 23.3 Å². The highest BCUT2D eigenvalue weighted by Crippen LogP contribution is 2.39. The highest BCUT2D eigenvalue weighted by Gasteiger charge is 2.34. The van der Waals surface area contributed by atoms with Crippen LogP contribution in [0.3, 0.4) is 0 Å². The third-order valence-electron chi connectivity index (χ3n) is 6.00. The summed E-state index contributed by atoms with van der Waals surface area (Å²) in [6.07, 6.45) is -3.93. The van der Waals surface area contributed by atoms with Crippen LogP contribution < -0.4 is 18.9 Å². The number of carbonyl (C=O) groups excluding carboxylic acids is 1. The first kappa shape index (κ1) is 25.2. The van der Waals surface area contributed by atoms with Gasteiger partial charge in [0.05, 0.1) is 25.8 Å². The summed E-state index contributed by atoms with van der Waals surface area (Å²) in [5.74, 6) is 1.39. The lowest BCUT2D eigenvalue weighted by atomic mass is 9.92. The molecule has 0 saturated carbocycles. The molecule has 0 N–H and O–H groups in total. The van der Waals surface area contributed by atoms with Crippen LogP contribution in [-0.4, -0.2) is 44.8 Å². The van der Waals surface area contributed by atoms with Gasteiger partial charge in [0.2, 0.25) is 0 Å². The summed E-state index contributed by atoms with van der Waals surface area (Å²) in [5, 5.41) is 0. The van der Waals surface area contributed by atoms with Gasteiger partial charge < -0.3 is 23.8 Å². The molecule has 0 fully saturated rings. The van der Waals surface area contributed by atoms with E-state index in [2.05, 4.69) is 0 Å². The maximum atomic E-state index is 13.2. The third kappa shape index (κ3) is 5.67. The lowest BCUT2D eigenvalue weighted by Gasteiger charge is -2.37. The fourth-order valence-electron chi connectivity index (χ4n) is 4.19. The molecule has 36 heavy (non-hydrogen) atoms. The van der Waals surface area contributed by atoms with Crippen LogP contribution in [0.1, 0.15) is 22.7 Å². The number of para-hydroxylation sites is 1. The zero-order valence-electron chi connectivity index (χ0n) is 19.9. The van der Waals surface area contributed by atoms with Crippen LogP contribution in [-0.2, 0) is 17.4 Å². The number of rotatable bonds is 8. The van der Waals surface area contributed by atoms with E-state index in [0.29, 0.717) is 30.2 Å². The van der Waals surface area contributed by atoms with Gasteiger partial charge in [-0.15, -0.1) is 0 Å². The number of alkyl halides is 3. The topological polar surface area (TPSA) is 57.2 Å². The smallest absolute Gasteiger partial charge is 0.416 e. The summed E-state index contributed by atoms with van der Waals surface area (Å²) < 4.78 is 61.8. The molecule has 9 heteroatoms. The van der Waals surface area contributed by atoms with Crippen molar-refractivity contribution >= 4 is 5.91 Å². The zero-order chi connectivity index (χ0) is 25.7. The van der Waals surface area contributed by atoms with Gasteiger partial charge in [-0.3, -0.25) is 4.79 Å². The van der Waals surface area contributed by atoms with Crippen molar-refractivity contribution in [1.82, 2.24) is 4.90 Å². The summed E-state index contributed by atoms with van der Waals surface area (Å²) >= 11 is 0. The molecule has 1 unspecified atom stereocenters.